The third-order valence-electron chi connectivity index (χ3n) is 2.55. The van der Waals surface area contributed by atoms with Crippen molar-refractivity contribution in [1.29, 1.82) is 0 Å². The maximum absolute atomic E-state index is 10.5. The van der Waals surface area contributed by atoms with Crippen LogP contribution < -0.4 is 0 Å². The number of rotatable bonds is 9. The smallest absolute Gasteiger partial charge is 0.215 e. The van der Waals surface area contributed by atoms with E-state index in [1.54, 1.807) is 0 Å². The van der Waals surface area contributed by atoms with Crippen LogP contribution in [0.25, 0.3) is 0 Å². The Morgan fingerprint density at radius 1 is 1.00 bits per heavy atom. The van der Waals surface area contributed by atoms with Gasteiger partial charge in [-0.05, 0) is 19.3 Å². The molecule has 5 heteroatoms. The Balaban J connectivity index is 1.81. The van der Waals surface area contributed by atoms with Crippen molar-refractivity contribution in [2.24, 2.45) is 0 Å². The molecule has 0 aliphatic carbocycles. The summed E-state index contributed by atoms with van der Waals surface area (Å²) in [6, 6.07) is 0. The maximum atomic E-state index is 10.5. The Morgan fingerprint density at radius 2 is 1.56 bits per heavy atom. The largest absolute Gasteiger partial charge is 0.404 e. The van der Waals surface area contributed by atoms with Crippen LogP contribution in [-0.4, -0.2) is 14.7 Å². The molecular formula is C11H20O4S. The lowest BCUT2D eigenvalue weighted by atomic mass is 10.1. The van der Waals surface area contributed by atoms with E-state index in [9.17, 15) is 8.42 Å². The van der Waals surface area contributed by atoms with E-state index in [1.807, 2.05) is 6.08 Å². The minimum atomic E-state index is -3.60. The van der Waals surface area contributed by atoms with Crippen LogP contribution in [0.1, 0.15) is 51.4 Å². The normalized spacial score (nSPS) is 19.2. The first-order chi connectivity index (χ1) is 7.64. The summed E-state index contributed by atoms with van der Waals surface area (Å²) in [6.45, 7) is 3.68. The highest BCUT2D eigenvalue weighted by atomic mass is 32.3. The third kappa shape index (κ3) is 5.63. The first-order valence-corrected chi connectivity index (χ1v) is 7.20. The fourth-order valence-electron chi connectivity index (χ4n) is 1.67. The Labute approximate surface area is 98.0 Å². The molecule has 0 spiro atoms. The standard InChI is InChI=1S/C11H20O4S/c1-2-3-4-5-6-7-8-9-10-11-14-16(12,13)15-11/h2,11H,1,3-10H2. The second kappa shape index (κ2) is 7.04. The van der Waals surface area contributed by atoms with Gasteiger partial charge in [0.05, 0.1) is 0 Å². The minimum Gasteiger partial charge on any atom is -0.215 e. The van der Waals surface area contributed by atoms with E-state index in [0.717, 1.165) is 19.3 Å². The predicted octanol–water partition coefficient (Wildman–Crippen LogP) is 2.91. The molecule has 4 nitrogen and oxygen atoms in total. The van der Waals surface area contributed by atoms with Crippen molar-refractivity contribution in [1.82, 2.24) is 0 Å². The number of hydrogen-bond donors (Lipinski definition) is 0. The molecule has 0 radical (unpaired) electrons. The SMILES string of the molecule is C=CCCCCCCCCC1OS(=O)(=O)O1. The second-order valence-corrected chi connectivity index (χ2v) is 5.22. The number of allylic oxidation sites excluding steroid dienone is 1. The molecule has 1 fully saturated rings. The van der Waals surface area contributed by atoms with Crippen LogP contribution in [0.5, 0.6) is 0 Å². The predicted molar refractivity (Wildman–Crippen MR) is 62.0 cm³/mol. The van der Waals surface area contributed by atoms with Crippen molar-refractivity contribution in [3.8, 4) is 0 Å². The van der Waals surface area contributed by atoms with Crippen LogP contribution >= 0.6 is 0 Å². The molecule has 1 aliphatic heterocycles. The molecule has 1 saturated heterocycles. The molecule has 0 amide bonds. The van der Waals surface area contributed by atoms with Crippen molar-refractivity contribution < 1.29 is 16.8 Å². The fraction of sp³-hybridized carbons (Fsp3) is 0.818. The third-order valence-corrected chi connectivity index (χ3v) is 3.45. The van der Waals surface area contributed by atoms with E-state index >= 15 is 0 Å². The Hall–Kier alpha value is -0.390. The van der Waals surface area contributed by atoms with Gasteiger partial charge in [-0.2, -0.15) is 8.42 Å². The second-order valence-electron chi connectivity index (χ2n) is 4.02. The maximum Gasteiger partial charge on any atom is 0.404 e. The van der Waals surface area contributed by atoms with E-state index in [4.69, 9.17) is 0 Å². The number of hydrogen-bond acceptors (Lipinski definition) is 4. The van der Waals surface area contributed by atoms with Crippen molar-refractivity contribution >= 4 is 10.4 Å². The number of unbranched alkanes of at least 4 members (excludes halogenated alkanes) is 6. The van der Waals surface area contributed by atoms with Crippen LogP contribution in [-0.2, 0) is 18.8 Å². The van der Waals surface area contributed by atoms with Gasteiger partial charge in [-0.15, -0.1) is 6.58 Å². The van der Waals surface area contributed by atoms with Crippen molar-refractivity contribution in [3.63, 3.8) is 0 Å². The van der Waals surface area contributed by atoms with Gasteiger partial charge in [-0.25, -0.2) is 8.37 Å². The van der Waals surface area contributed by atoms with E-state index in [-0.39, 0.29) is 0 Å². The van der Waals surface area contributed by atoms with Gasteiger partial charge in [0, 0.05) is 6.42 Å². The lowest BCUT2D eigenvalue weighted by Gasteiger charge is -2.24. The summed E-state index contributed by atoms with van der Waals surface area (Å²) >= 11 is 0. The highest BCUT2D eigenvalue weighted by molar-refractivity contribution is 7.82. The van der Waals surface area contributed by atoms with Gasteiger partial charge in [0.2, 0.25) is 0 Å². The molecule has 0 atom stereocenters. The molecule has 1 rings (SSSR count). The Morgan fingerprint density at radius 3 is 2.12 bits per heavy atom. The van der Waals surface area contributed by atoms with Crippen molar-refractivity contribution in [3.05, 3.63) is 12.7 Å². The van der Waals surface area contributed by atoms with Crippen LogP contribution in [0.2, 0.25) is 0 Å². The summed E-state index contributed by atoms with van der Waals surface area (Å²) in [4.78, 5) is 0. The lowest BCUT2D eigenvalue weighted by molar-refractivity contribution is -0.0842. The van der Waals surface area contributed by atoms with Gasteiger partial charge in [-0.3, -0.25) is 0 Å². The van der Waals surface area contributed by atoms with Gasteiger partial charge in [0.15, 0.2) is 6.29 Å². The van der Waals surface area contributed by atoms with E-state index in [0.29, 0.717) is 6.42 Å². The van der Waals surface area contributed by atoms with Crippen LogP contribution in [0.4, 0.5) is 0 Å². The summed E-state index contributed by atoms with van der Waals surface area (Å²) in [7, 11) is -3.60. The summed E-state index contributed by atoms with van der Waals surface area (Å²) in [5.74, 6) is 0. The Bertz CT molecular complexity index is 285. The van der Waals surface area contributed by atoms with Crippen molar-refractivity contribution in [2.45, 2.75) is 57.7 Å². The zero-order valence-corrected chi connectivity index (χ0v) is 10.4. The molecule has 16 heavy (non-hydrogen) atoms. The van der Waals surface area contributed by atoms with Gasteiger partial charge in [-0.1, -0.05) is 31.8 Å². The summed E-state index contributed by atoms with van der Waals surface area (Å²) in [5.41, 5.74) is 0. The van der Waals surface area contributed by atoms with Gasteiger partial charge in [0.25, 0.3) is 0 Å². The lowest BCUT2D eigenvalue weighted by Crippen LogP contribution is -2.35. The minimum absolute atomic E-state index is 0.522. The van der Waals surface area contributed by atoms with Crippen LogP contribution in [0.3, 0.4) is 0 Å². The first-order valence-electron chi connectivity index (χ1n) is 5.86. The zero-order valence-electron chi connectivity index (χ0n) is 9.56. The quantitative estimate of drug-likeness (QED) is 0.465. The molecule has 94 valence electrons. The zero-order chi connectivity index (χ0) is 11.9. The van der Waals surface area contributed by atoms with E-state index in [2.05, 4.69) is 14.9 Å². The van der Waals surface area contributed by atoms with Gasteiger partial charge in [0.1, 0.15) is 0 Å². The molecule has 0 aromatic heterocycles. The molecule has 1 aliphatic rings. The summed E-state index contributed by atoms with van der Waals surface area (Å²) in [6.07, 6.45) is 10.2. The Kier molecular flexibility index (Phi) is 6.01. The van der Waals surface area contributed by atoms with Gasteiger partial charge < -0.3 is 0 Å². The highest BCUT2D eigenvalue weighted by Gasteiger charge is 2.35. The molecule has 0 saturated carbocycles. The molecule has 0 bridgehead atoms. The van der Waals surface area contributed by atoms with Gasteiger partial charge >= 0.3 is 10.4 Å². The average Bonchev–Trinajstić information content (AvgIpc) is 2.19. The summed E-state index contributed by atoms with van der Waals surface area (Å²) in [5, 5.41) is 0. The van der Waals surface area contributed by atoms with E-state index < -0.39 is 16.7 Å². The average molecular weight is 248 g/mol. The molecule has 0 aromatic rings. The molecule has 1 heterocycles. The molecule has 0 N–H and O–H groups in total. The topological polar surface area (TPSA) is 52.6 Å². The molecule has 0 aromatic carbocycles. The fourth-order valence-corrected chi connectivity index (χ4v) is 2.41. The van der Waals surface area contributed by atoms with Crippen LogP contribution in [0.15, 0.2) is 12.7 Å². The van der Waals surface area contributed by atoms with E-state index in [1.165, 1.54) is 25.7 Å². The monoisotopic (exact) mass is 248 g/mol. The first kappa shape index (κ1) is 13.7. The highest BCUT2D eigenvalue weighted by Crippen LogP contribution is 2.23. The summed E-state index contributed by atoms with van der Waals surface area (Å²) < 4.78 is 30.0. The van der Waals surface area contributed by atoms with Crippen molar-refractivity contribution in [2.75, 3.05) is 0 Å². The van der Waals surface area contributed by atoms with Crippen LogP contribution in [0, 0.1) is 0 Å². The molecule has 0 unspecified atom stereocenters. The molecular weight excluding hydrogens is 228 g/mol.